The van der Waals surface area contributed by atoms with E-state index in [0.717, 1.165) is 25.3 Å². The molecule has 0 atom stereocenters. The highest BCUT2D eigenvalue weighted by atomic mass is 16.5. The maximum absolute atomic E-state index is 5.95. The zero-order valence-corrected chi connectivity index (χ0v) is 17.5. The van der Waals surface area contributed by atoms with E-state index in [2.05, 4.69) is 91.2 Å². The van der Waals surface area contributed by atoms with Crippen molar-refractivity contribution in [1.29, 1.82) is 0 Å². The summed E-state index contributed by atoms with van der Waals surface area (Å²) >= 11 is 0. The molecule has 0 spiro atoms. The van der Waals surface area contributed by atoms with Crippen LogP contribution in [0.15, 0.2) is 72.8 Å². The molecule has 2 nitrogen and oxygen atoms in total. The SMILES string of the molecule is CCCCCCOc1ccc(-c2c3ccccc3[n+](CC)c3ccccc23)cc1. The smallest absolute Gasteiger partial charge is 0.213 e. The second kappa shape index (κ2) is 9.09. The van der Waals surface area contributed by atoms with Gasteiger partial charge >= 0.3 is 0 Å². The minimum absolute atomic E-state index is 0.799. The van der Waals surface area contributed by atoms with Gasteiger partial charge in [0.25, 0.3) is 0 Å². The van der Waals surface area contributed by atoms with E-state index in [9.17, 15) is 0 Å². The van der Waals surface area contributed by atoms with E-state index in [-0.39, 0.29) is 0 Å². The summed E-state index contributed by atoms with van der Waals surface area (Å²) in [7, 11) is 0. The first-order valence-corrected chi connectivity index (χ1v) is 10.9. The van der Waals surface area contributed by atoms with Crippen LogP contribution >= 0.6 is 0 Å². The third-order valence-corrected chi connectivity index (χ3v) is 5.65. The molecule has 0 N–H and O–H groups in total. The number of fused-ring (bicyclic) bond motifs is 2. The maximum Gasteiger partial charge on any atom is 0.213 e. The summed E-state index contributed by atoms with van der Waals surface area (Å²) in [6.45, 7) is 6.20. The lowest BCUT2D eigenvalue weighted by Crippen LogP contribution is -2.34. The van der Waals surface area contributed by atoms with Gasteiger partial charge in [0.15, 0.2) is 0 Å². The van der Waals surface area contributed by atoms with Crippen LogP contribution in [0.2, 0.25) is 0 Å². The molecule has 1 heterocycles. The molecule has 0 bridgehead atoms. The van der Waals surface area contributed by atoms with Crippen molar-refractivity contribution in [2.24, 2.45) is 0 Å². The molecule has 4 aromatic rings. The fraction of sp³-hybridized carbons (Fsp3) is 0.296. The summed E-state index contributed by atoms with van der Waals surface area (Å²) in [6.07, 6.45) is 4.91. The van der Waals surface area contributed by atoms with Crippen LogP contribution in [0.25, 0.3) is 32.9 Å². The monoisotopic (exact) mass is 384 g/mol. The van der Waals surface area contributed by atoms with E-state index >= 15 is 0 Å². The molecule has 4 rings (SSSR count). The number of pyridine rings is 1. The average molecular weight is 385 g/mol. The summed E-state index contributed by atoms with van der Waals surface area (Å²) in [5, 5.41) is 2.59. The number of aryl methyl sites for hydroxylation is 1. The Morgan fingerprint density at radius 3 is 1.90 bits per heavy atom. The predicted octanol–water partition coefficient (Wildman–Crippen LogP) is 6.93. The van der Waals surface area contributed by atoms with Gasteiger partial charge in [-0.3, -0.25) is 0 Å². The average Bonchev–Trinajstić information content (AvgIpc) is 2.78. The Kier molecular flexibility index (Phi) is 6.09. The molecule has 2 heteroatoms. The number of nitrogens with zero attached hydrogens (tertiary/aromatic N) is 1. The predicted molar refractivity (Wildman–Crippen MR) is 122 cm³/mol. The summed E-state index contributed by atoms with van der Waals surface area (Å²) < 4.78 is 8.36. The lowest BCUT2D eigenvalue weighted by Gasteiger charge is -2.12. The number of hydrogen-bond donors (Lipinski definition) is 0. The summed E-state index contributed by atoms with van der Waals surface area (Å²) in [4.78, 5) is 0. The topological polar surface area (TPSA) is 13.1 Å². The Balaban J connectivity index is 1.73. The highest BCUT2D eigenvalue weighted by Crippen LogP contribution is 2.34. The second-order valence-corrected chi connectivity index (χ2v) is 7.59. The van der Waals surface area contributed by atoms with Gasteiger partial charge in [0.05, 0.1) is 17.4 Å². The van der Waals surface area contributed by atoms with Crippen LogP contribution in [-0.4, -0.2) is 6.61 Å². The van der Waals surface area contributed by atoms with Crippen molar-refractivity contribution in [3.8, 4) is 16.9 Å². The fourth-order valence-corrected chi connectivity index (χ4v) is 4.20. The lowest BCUT2D eigenvalue weighted by molar-refractivity contribution is -0.641. The molecule has 1 aromatic heterocycles. The van der Waals surface area contributed by atoms with Gasteiger partial charge in [0, 0.05) is 17.7 Å². The molecule has 0 fully saturated rings. The van der Waals surface area contributed by atoms with Crippen LogP contribution in [-0.2, 0) is 6.54 Å². The van der Waals surface area contributed by atoms with Crippen molar-refractivity contribution in [3.63, 3.8) is 0 Å². The molecular formula is C27H30NO+. The zero-order chi connectivity index (χ0) is 20.1. The van der Waals surface area contributed by atoms with Crippen LogP contribution in [0, 0.1) is 0 Å². The second-order valence-electron chi connectivity index (χ2n) is 7.59. The van der Waals surface area contributed by atoms with E-state index in [0.29, 0.717) is 0 Å². The number of aromatic nitrogens is 1. The summed E-state index contributed by atoms with van der Waals surface area (Å²) in [5.74, 6) is 0.957. The molecule has 0 aliphatic heterocycles. The Morgan fingerprint density at radius 1 is 0.690 bits per heavy atom. The van der Waals surface area contributed by atoms with Crippen LogP contribution < -0.4 is 9.30 Å². The van der Waals surface area contributed by atoms with Crippen LogP contribution in [0.3, 0.4) is 0 Å². The quantitative estimate of drug-likeness (QED) is 0.182. The number of benzene rings is 3. The Hall–Kier alpha value is -2.87. The van der Waals surface area contributed by atoms with E-state index in [1.54, 1.807) is 0 Å². The molecule has 0 aliphatic carbocycles. The van der Waals surface area contributed by atoms with Crippen molar-refractivity contribution >= 4 is 21.8 Å². The molecular weight excluding hydrogens is 354 g/mol. The van der Waals surface area contributed by atoms with Gasteiger partial charge in [-0.05, 0) is 43.2 Å². The Labute approximate surface area is 173 Å². The van der Waals surface area contributed by atoms with Crippen molar-refractivity contribution < 1.29 is 9.30 Å². The summed E-state index contributed by atoms with van der Waals surface area (Å²) in [5.41, 5.74) is 5.09. The molecule has 3 aromatic carbocycles. The molecule has 0 radical (unpaired) electrons. The lowest BCUT2D eigenvalue weighted by atomic mass is 9.95. The standard InChI is InChI=1S/C27H30NO/c1-3-5-6-11-20-29-22-18-16-21(17-19-22)27-23-12-7-9-14-25(23)28(4-2)26-15-10-8-13-24(26)27/h7-10,12-19H,3-6,11,20H2,1-2H3/q+1. The van der Waals surface area contributed by atoms with Gasteiger partial charge in [-0.2, -0.15) is 4.57 Å². The van der Waals surface area contributed by atoms with Gasteiger partial charge < -0.3 is 4.74 Å². The first-order chi connectivity index (χ1) is 14.3. The largest absolute Gasteiger partial charge is 0.494 e. The van der Waals surface area contributed by atoms with E-state index in [1.165, 1.54) is 52.2 Å². The van der Waals surface area contributed by atoms with Gasteiger partial charge in [0.2, 0.25) is 11.0 Å². The Morgan fingerprint density at radius 2 is 1.31 bits per heavy atom. The van der Waals surface area contributed by atoms with Crippen molar-refractivity contribution in [2.75, 3.05) is 6.61 Å². The van der Waals surface area contributed by atoms with Gasteiger partial charge in [-0.25, -0.2) is 0 Å². The van der Waals surface area contributed by atoms with Crippen LogP contribution in [0.5, 0.6) is 5.75 Å². The zero-order valence-electron chi connectivity index (χ0n) is 17.5. The highest BCUT2D eigenvalue weighted by molar-refractivity contribution is 6.07. The number of unbranched alkanes of at least 4 members (excludes halogenated alkanes) is 3. The minimum atomic E-state index is 0.799. The number of hydrogen-bond acceptors (Lipinski definition) is 1. The minimum Gasteiger partial charge on any atom is -0.494 e. The molecule has 0 unspecified atom stereocenters. The van der Waals surface area contributed by atoms with E-state index < -0.39 is 0 Å². The first-order valence-electron chi connectivity index (χ1n) is 10.9. The molecule has 148 valence electrons. The van der Waals surface area contributed by atoms with Crippen LogP contribution in [0.1, 0.15) is 39.5 Å². The molecule has 0 amide bonds. The van der Waals surface area contributed by atoms with Gasteiger partial charge in [-0.1, -0.05) is 62.6 Å². The number of ether oxygens (including phenoxy) is 1. The van der Waals surface area contributed by atoms with Crippen molar-refractivity contribution in [2.45, 2.75) is 46.1 Å². The number of rotatable bonds is 8. The maximum atomic E-state index is 5.95. The van der Waals surface area contributed by atoms with E-state index in [4.69, 9.17) is 4.74 Å². The van der Waals surface area contributed by atoms with Crippen molar-refractivity contribution in [1.82, 2.24) is 0 Å². The van der Waals surface area contributed by atoms with Gasteiger partial charge in [-0.15, -0.1) is 0 Å². The molecule has 29 heavy (non-hydrogen) atoms. The fourth-order valence-electron chi connectivity index (χ4n) is 4.20. The third-order valence-electron chi connectivity index (χ3n) is 5.65. The molecule has 0 saturated carbocycles. The first kappa shape index (κ1) is 19.4. The van der Waals surface area contributed by atoms with E-state index in [1.807, 2.05) is 0 Å². The van der Waals surface area contributed by atoms with Crippen LogP contribution in [0.4, 0.5) is 0 Å². The molecule has 0 saturated heterocycles. The Bertz CT molecular complexity index is 1040. The summed E-state index contributed by atoms with van der Waals surface area (Å²) in [6, 6.07) is 26.1. The molecule has 0 aliphatic rings. The third kappa shape index (κ3) is 3.98. The normalized spacial score (nSPS) is 11.2. The number of para-hydroxylation sites is 2. The highest BCUT2D eigenvalue weighted by Gasteiger charge is 2.19. The van der Waals surface area contributed by atoms with Crippen molar-refractivity contribution in [3.05, 3.63) is 72.8 Å². The van der Waals surface area contributed by atoms with Gasteiger partial charge in [0.1, 0.15) is 12.3 Å².